The van der Waals surface area contributed by atoms with E-state index in [-0.39, 0.29) is 12.4 Å². The molecule has 7 nitrogen and oxygen atoms in total. The first-order chi connectivity index (χ1) is 16.1. The summed E-state index contributed by atoms with van der Waals surface area (Å²) in [5.41, 5.74) is 1.63. The van der Waals surface area contributed by atoms with Gasteiger partial charge in [0.25, 0.3) is 0 Å². The van der Waals surface area contributed by atoms with Crippen molar-refractivity contribution in [3.8, 4) is 11.5 Å². The monoisotopic (exact) mass is 456 g/mol. The van der Waals surface area contributed by atoms with E-state index < -0.39 is 6.09 Å². The van der Waals surface area contributed by atoms with Crippen molar-refractivity contribution >= 4 is 11.9 Å². The maximum atomic E-state index is 10.6. The minimum atomic E-state index is -1.24. The van der Waals surface area contributed by atoms with E-state index in [1.807, 2.05) is 29.6 Å². The van der Waals surface area contributed by atoms with Crippen LogP contribution in [0.25, 0.3) is 0 Å². The van der Waals surface area contributed by atoms with Gasteiger partial charge in [0, 0.05) is 12.2 Å². The van der Waals surface area contributed by atoms with E-state index in [1.165, 1.54) is 32.1 Å². The van der Waals surface area contributed by atoms with Crippen LogP contribution in [-0.2, 0) is 6.42 Å². The Bertz CT molecular complexity index is 822. The van der Waals surface area contributed by atoms with Gasteiger partial charge in [-0.2, -0.15) is 0 Å². The van der Waals surface area contributed by atoms with Crippen LogP contribution in [0.3, 0.4) is 0 Å². The highest BCUT2D eigenvalue weighted by atomic mass is 16.5. The van der Waals surface area contributed by atoms with Gasteiger partial charge in [0.15, 0.2) is 0 Å². The van der Waals surface area contributed by atoms with E-state index in [0.29, 0.717) is 18.6 Å². The molecule has 0 saturated heterocycles. The summed E-state index contributed by atoms with van der Waals surface area (Å²) in [5, 5.41) is 27.2. The lowest BCUT2D eigenvalue weighted by Crippen LogP contribution is -2.28. The molecule has 2 aromatic rings. The van der Waals surface area contributed by atoms with Crippen LogP contribution in [0, 0.1) is 5.41 Å². The summed E-state index contributed by atoms with van der Waals surface area (Å²) in [6.45, 7) is 1.57. The normalized spacial score (nSPS) is 10.6. The number of rotatable bonds is 16. The van der Waals surface area contributed by atoms with Gasteiger partial charge in [-0.15, -0.1) is 0 Å². The van der Waals surface area contributed by atoms with Crippen molar-refractivity contribution in [3.63, 3.8) is 0 Å². The van der Waals surface area contributed by atoms with Crippen LogP contribution in [-0.4, -0.2) is 42.0 Å². The first-order valence-corrected chi connectivity index (χ1v) is 11.7. The first-order valence-electron chi connectivity index (χ1n) is 11.7. The Balaban J connectivity index is 1.41. The van der Waals surface area contributed by atoms with E-state index in [0.717, 1.165) is 42.9 Å². The van der Waals surface area contributed by atoms with Gasteiger partial charge in [-0.1, -0.05) is 50.7 Å². The molecule has 0 spiro atoms. The lowest BCUT2D eigenvalue weighted by molar-refractivity contribution is 0.200. The number of benzene rings is 2. The zero-order valence-corrected chi connectivity index (χ0v) is 19.2. The highest BCUT2D eigenvalue weighted by Crippen LogP contribution is 2.15. The molecule has 0 aliphatic heterocycles. The molecular weight excluding hydrogens is 420 g/mol. The van der Waals surface area contributed by atoms with Crippen LogP contribution in [0.15, 0.2) is 48.5 Å². The predicted octanol–water partition coefficient (Wildman–Crippen LogP) is 5.39. The molecule has 0 aliphatic rings. The average Bonchev–Trinajstić information content (AvgIpc) is 2.81. The third-order valence-corrected chi connectivity index (χ3v) is 5.27. The number of amides is 1. The Morgan fingerprint density at radius 2 is 1.21 bits per heavy atom. The highest BCUT2D eigenvalue weighted by molar-refractivity contribution is 6.04. The molecule has 7 heteroatoms. The summed E-state index contributed by atoms with van der Waals surface area (Å²) in [6, 6.07) is 14.8. The number of unbranched alkanes of at least 4 members (excludes halogenated alkanes) is 7. The van der Waals surface area contributed by atoms with Gasteiger partial charge < -0.3 is 19.7 Å². The number of aliphatic hydroxyl groups is 1. The van der Waals surface area contributed by atoms with Gasteiger partial charge in [-0.05, 0) is 61.2 Å². The second-order valence-corrected chi connectivity index (χ2v) is 7.97. The molecule has 2 aromatic carbocycles. The van der Waals surface area contributed by atoms with Crippen molar-refractivity contribution < 1.29 is 24.5 Å². The fourth-order valence-corrected chi connectivity index (χ4v) is 3.42. The molecule has 2 rings (SSSR count). The number of ether oxygens (including phenoxy) is 2. The SMILES string of the molecule is N=C(NC(=O)O)c1ccc(OCCCCCCCCCCOc2ccc(CCO)cc2)cc1. The summed E-state index contributed by atoms with van der Waals surface area (Å²) in [5.74, 6) is 1.47. The number of hydrogen-bond acceptors (Lipinski definition) is 5. The van der Waals surface area contributed by atoms with Gasteiger partial charge in [-0.3, -0.25) is 10.7 Å². The molecule has 180 valence electrons. The molecular formula is C26H36N2O5. The summed E-state index contributed by atoms with van der Waals surface area (Å²) < 4.78 is 11.5. The maximum Gasteiger partial charge on any atom is 0.410 e. The number of carbonyl (C=O) groups is 1. The Labute approximate surface area is 196 Å². The maximum absolute atomic E-state index is 10.6. The summed E-state index contributed by atoms with van der Waals surface area (Å²) in [6.07, 6.45) is 8.75. The zero-order valence-electron chi connectivity index (χ0n) is 19.2. The molecule has 0 aromatic heterocycles. The van der Waals surface area contributed by atoms with Crippen LogP contribution in [0.5, 0.6) is 11.5 Å². The van der Waals surface area contributed by atoms with Crippen LogP contribution < -0.4 is 14.8 Å². The third-order valence-electron chi connectivity index (χ3n) is 5.27. The number of aliphatic hydroxyl groups excluding tert-OH is 1. The van der Waals surface area contributed by atoms with Crippen molar-refractivity contribution in [2.45, 2.75) is 57.8 Å². The predicted molar refractivity (Wildman–Crippen MR) is 130 cm³/mol. The average molecular weight is 457 g/mol. The fourth-order valence-electron chi connectivity index (χ4n) is 3.42. The molecule has 0 unspecified atom stereocenters. The number of hydrogen-bond donors (Lipinski definition) is 4. The lowest BCUT2D eigenvalue weighted by Gasteiger charge is -2.08. The second-order valence-electron chi connectivity index (χ2n) is 7.97. The van der Waals surface area contributed by atoms with Crippen molar-refractivity contribution in [1.29, 1.82) is 5.41 Å². The van der Waals surface area contributed by atoms with Gasteiger partial charge in [0.05, 0.1) is 13.2 Å². The van der Waals surface area contributed by atoms with Crippen LogP contribution in [0.4, 0.5) is 4.79 Å². The summed E-state index contributed by atoms with van der Waals surface area (Å²) in [4.78, 5) is 10.6. The largest absolute Gasteiger partial charge is 0.494 e. The van der Waals surface area contributed by atoms with Gasteiger partial charge in [0.1, 0.15) is 17.3 Å². The topological polar surface area (TPSA) is 112 Å². The minimum absolute atomic E-state index is 0.147. The quantitative estimate of drug-likeness (QED) is 0.154. The van der Waals surface area contributed by atoms with E-state index in [1.54, 1.807) is 24.3 Å². The zero-order chi connectivity index (χ0) is 23.7. The molecule has 0 atom stereocenters. The van der Waals surface area contributed by atoms with E-state index in [4.69, 9.17) is 25.1 Å². The lowest BCUT2D eigenvalue weighted by atomic mass is 10.1. The smallest absolute Gasteiger partial charge is 0.410 e. The molecule has 0 heterocycles. The Kier molecular flexibility index (Phi) is 12.5. The number of carboxylic acid groups (broad SMARTS) is 1. The van der Waals surface area contributed by atoms with Gasteiger partial charge >= 0.3 is 6.09 Å². The van der Waals surface area contributed by atoms with Crippen LogP contribution >= 0.6 is 0 Å². The summed E-state index contributed by atoms with van der Waals surface area (Å²) in [7, 11) is 0. The Morgan fingerprint density at radius 3 is 1.67 bits per heavy atom. The van der Waals surface area contributed by atoms with E-state index in [9.17, 15) is 4.79 Å². The van der Waals surface area contributed by atoms with Gasteiger partial charge in [-0.25, -0.2) is 4.79 Å². The molecule has 0 fully saturated rings. The van der Waals surface area contributed by atoms with Crippen molar-refractivity contribution in [2.75, 3.05) is 19.8 Å². The molecule has 0 saturated carbocycles. The standard InChI is InChI=1S/C26H36N2O5/c27-25(28-26(30)31)22-11-15-24(16-12-22)33-20-8-6-4-2-1-3-5-7-19-32-23-13-9-21(10-14-23)17-18-29/h9-16,29H,1-8,17-20H2,(H2,27,28)(H,30,31). The second kappa shape index (κ2) is 15.7. The van der Waals surface area contributed by atoms with E-state index in [2.05, 4.69) is 0 Å². The van der Waals surface area contributed by atoms with E-state index >= 15 is 0 Å². The highest BCUT2D eigenvalue weighted by Gasteiger charge is 2.05. The minimum Gasteiger partial charge on any atom is -0.494 e. The van der Waals surface area contributed by atoms with Crippen molar-refractivity contribution in [2.24, 2.45) is 0 Å². The molecule has 33 heavy (non-hydrogen) atoms. The fraction of sp³-hybridized carbons (Fsp3) is 0.462. The number of amidine groups is 1. The molecule has 1 amide bonds. The Morgan fingerprint density at radius 1 is 0.758 bits per heavy atom. The first kappa shape index (κ1) is 26.2. The number of nitrogens with one attached hydrogen (secondary N) is 2. The van der Waals surface area contributed by atoms with Gasteiger partial charge in [0.2, 0.25) is 0 Å². The van der Waals surface area contributed by atoms with Crippen LogP contribution in [0.1, 0.15) is 62.5 Å². The van der Waals surface area contributed by atoms with Crippen molar-refractivity contribution in [3.05, 3.63) is 59.7 Å². The molecule has 4 N–H and O–H groups in total. The molecule has 0 bridgehead atoms. The third kappa shape index (κ3) is 11.4. The Hall–Kier alpha value is -3.06. The molecule has 0 aliphatic carbocycles. The molecule has 0 radical (unpaired) electrons. The summed E-state index contributed by atoms with van der Waals surface area (Å²) >= 11 is 0. The van der Waals surface area contributed by atoms with Crippen molar-refractivity contribution in [1.82, 2.24) is 5.32 Å². The van der Waals surface area contributed by atoms with Crippen LogP contribution in [0.2, 0.25) is 0 Å².